The lowest BCUT2D eigenvalue weighted by Gasteiger charge is -2.09. The van der Waals surface area contributed by atoms with E-state index in [2.05, 4.69) is 10.5 Å². The summed E-state index contributed by atoms with van der Waals surface area (Å²) in [6.45, 7) is 1.67. The third kappa shape index (κ3) is 4.03. The quantitative estimate of drug-likeness (QED) is 0.698. The molecule has 0 unspecified atom stereocenters. The lowest BCUT2D eigenvalue weighted by molar-refractivity contribution is -0.146. The Labute approximate surface area is 144 Å². The molecule has 6 heteroatoms. The number of nitrogens with zero attached hydrogens (tertiary/aromatic N) is 1. The van der Waals surface area contributed by atoms with Crippen molar-refractivity contribution >= 4 is 28.5 Å². The summed E-state index contributed by atoms with van der Waals surface area (Å²) in [5, 5.41) is 7.40. The van der Waals surface area contributed by atoms with Gasteiger partial charge in [-0.05, 0) is 30.2 Å². The molecule has 6 nitrogen and oxygen atoms in total. The average Bonchev–Trinajstić information content (AvgIpc) is 3.03. The predicted octanol–water partition coefficient (Wildman–Crippen LogP) is 3.11. The molecule has 3 aromatic rings. The Morgan fingerprint density at radius 3 is 2.72 bits per heavy atom. The Balaban J connectivity index is 1.54. The maximum atomic E-state index is 12.0. The maximum absolute atomic E-state index is 12.0. The zero-order chi connectivity index (χ0) is 17.6. The first-order chi connectivity index (χ1) is 12.2. The van der Waals surface area contributed by atoms with E-state index in [4.69, 9.17) is 9.26 Å². The van der Waals surface area contributed by atoms with Gasteiger partial charge in [0.15, 0.2) is 12.2 Å². The maximum Gasteiger partial charge on any atom is 0.312 e. The van der Waals surface area contributed by atoms with Gasteiger partial charge in [-0.25, -0.2) is 0 Å². The molecule has 0 saturated carbocycles. The number of hydrogen-bond donors (Lipinski definition) is 1. The van der Waals surface area contributed by atoms with Gasteiger partial charge in [-0.15, -0.1) is 0 Å². The normalized spacial score (nSPS) is 10.6. The van der Waals surface area contributed by atoms with Crippen molar-refractivity contribution in [2.45, 2.75) is 19.8 Å². The van der Waals surface area contributed by atoms with E-state index in [1.807, 2.05) is 49.4 Å². The smallest absolute Gasteiger partial charge is 0.312 e. The molecule has 0 bridgehead atoms. The standard InChI is InChI=1S/C19H18N2O4/c1-2-13-7-3-5-9-15(13)20-18(22)12-24-19(23)11-16-14-8-4-6-10-17(14)25-21-16/h3-10H,2,11-12H2,1H3,(H,20,22). The van der Waals surface area contributed by atoms with Crippen molar-refractivity contribution in [1.29, 1.82) is 0 Å². The molecule has 3 rings (SSSR count). The van der Waals surface area contributed by atoms with Gasteiger partial charge in [0.25, 0.3) is 5.91 Å². The first kappa shape index (κ1) is 16.7. The van der Waals surface area contributed by atoms with Gasteiger partial charge in [-0.3, -0.25) is 9.59 Å². The van der Waals surface area contributed by atoms with Crippen LogP contribution in [0.1, 0.15) is 18.2 Å². The van der Waals surface area contributed by atoms with Crippen LogP contribution in [-0.2, 0) is 27.2 Å². The minimum absolute atomic E-state index is 0.0458. The summed E-state index contributed by atoms with van der Waals surface area (Å²) in [5.41, 5.74) is 2.86. The number of amides is 1. The molecule has 0 saturated heterocycles. The number of esters is 1. The summed E-state index contributed by atoms with van der Waals surface area (Å²) < 4.78 is 10.2. The topological polar surface area (TPSA) is 81.4 Å². The summed E-state index contributed by atoms with van der Waals surface area (Å²) in [4.78, 5) is 23.9. The van der Waals surface area contributed by atoms with Gasteiger partial charge in [-0.1, -0.05) is 42.4 Å². The Morgan fingerprint density at radius 1 is 1.12 bits per heavy atom. The van der Waals surface area contributed by atoms with Crippen LogP contribution in [0.2, 0.25) is 0 Å². The minimum atomic E-state index is -0.530. The van der Waals surface area contributed by atoms with Crippen molar-refractivity contribution in [2.24, 2.45) is 0 Å². The summed E-state index contributed by atoms with van der Waals surface area (Å²) >= 11 is 0. The van der Waals surface area contributed by atoms with Crippen LogP contribution in [0.4, 0.5) is 5.69 Å². The van der Waals surface area contributed by atoms with E-state index in [9.17, 15) is 9.59 Å². The molecule has 1 heterocycles. The van der Waals surface area contributed by atoms with Gasteiger partial charge in [0.2, 0.25) is 0 Å². The largest absolute Gasteiger partial charge is 0.455 e. The molecule has 25 heavy (non-hydrogen) atoms. The fourth-order valence-corrected chi connectivity index (χ4v) is 2.54. The van der Waals surface area contributed by atoms with Crippen LogP contribution < -0.4 is 5.32 Å². The molecule has 0 aliphatic rings. The Kier molecular flexibility index (Phi) is 5.09. The van der Waals surface area contributed by atoms with E-state index < -0.39 is 5.97 Å². The molecule has 2 aromatic carbocycles. The Hall–Kier alpha value is -3.15. The number of rotatable bonds is 6. The number of hydrogen-bond acceptors (Lipinski definition) is 5. The molecular formula is C19H18N2O4. The van der Waals surface area contributed by atoms with Crippen molar-refractivity contribution in [3.63, 3.8) is 0 Å². The van der Waals surface area contributed by atoms with Crippen molar-refractivity contribution in [3.05, 3.63) is 59.8 Å². The van der Waals surface area contributed by atoms with E-state index in [-0.39, 0.29) is 18.9 Å². The number of nitrogens with one attached hydrogen (secondary N) is 1. The van der Waals surface area contributed by atoms with Crippen LogP contribution >= 0.6 is 0 Å². The molecule has 1 amide bonds. The van der Waals surface area contributed by atoms with Gasteiger partial charge in [-0.2, -0.15) is 0 Å². The highest BCUT2D eigenvalue weighted by molar-refractivity contribution is 5.93. The fraction of sp³-hybridized carbons (Fsp3) is 0.211. The second-order valence-corrected chi connectivity index (χ2v) is 5.52. The van der Waals surface area contributed by atoms with Crippen LogP contribution in [0.15, 0.2) is 53.1 Å². The molecule has 0 radical (unpaired) electrons. The summed E-state index contributed by atoms with van der Waals surface area (Å²) in [7, 11) is 0. The third-order valence-electron chi connectivity index (χ3n) is 3.80. The number of anilines is 1. The van der Waals surface area contributed by atoms with Crippen LogP contribution in [0.5, 0.6) is 0 Å². The lowest BCUT2D eigenvalue weighted by atomic mass is 10.1. The molecular weight excluding hydrogens is 320 g/mol. The SMILES string of the molecule is CCc1ccccc1NC(=O)COC(=O)Cc1noc2ccccc12. The highest BCUT2D eigenvalue weighted by Crippen LogP contribution is 2.18. The van der Waals surface area contributed by atoms with E-state index in [0.29, 0.717) is 11.3 Å². The van der Waals surface area contributed by atoms with Crippen LogP contribution in [0.25, 0.3) is 11.0 Å². The van der Waals surface area contributed by atoms with Crippen LogP contribution in [0.3, 0.4) is 0 Å². The van der Waals surface area contributed by atoms with Crippen LogP contribution in [-0.4, -0.2) is 23.6 Å². The highest BCUT2D eigenvalue weighted by atomic mass is 16.5. The number of benzene rings is 2. The van der Waals surface area contributed by atoms with Gasteiger partial charge in [0.1, 0.15) is 5.69 Å². The van der Waals surface area contributed by atoms with E-state index in [0.717, 1.165) is 23.1 Å². The highest BCUT2D eigenvalue weighted by Gasteiger charge is 2.14. The summed E-state index contributed by atoms with van der Waals surface area (Å²) in [6.07, 6.45) is 0.755. The second-order valence-electron chi connectivity index (χ2n) is 5.52. The molecule has 128 valence electrons. The van der Waals surface area contributed by atoms with Crippen molar-refractivity contribution < 1.29 is 18.8 Å². The summed E-state index contributed by atoms with van der Waals surface area (Å²) in [6, 6.07) is 14.8. The molecule has 0 aliphatic carbocycles. The van der Waals surface area contributed by atoms with Gasteiger partial charge >= 0.3 is 5.97 Å². The fourth-order valence-electron chi connectivity index (χ4n) is 2.54. The lowest BCUT2D eigenvalue weighted by Crippen LogP contribution is -2.22. The number of ether oxygens (including phenoxy) is 1. The molecule has 0 aliphatic heterocycles. The number of aromatic nitrogens is 1. The second kappa shape index (κ2) is 7.61. The van der Waals surface area contributed by atoms with Crippen molar-refractivity contribution in [3.8, 4) is 0 Å². The van der Waals surface area contributed by atoms with Crippen molar-refractivity contribution in [1.82, 2.24) is 5.16 Å². The van der Waals surface area contributed by atoms with Gasteiger partial charge < -0.3 is 14.6 Å². The monoisotopic (exact) mass is 338 g/mol. The van der Waals surface area contributed by atoms with E-state index in [1.54, 1.807) is 6.07 Å². The number of aryl methyl sites for hydroxylation is 1. The molecule has 1 aromatic heterocycles. The number of carbonyl (C=O) groups excluding carboxylic acids is 2. The number of fused-ring (bicyclic) bond motifs is 1. The van der Waals surface area contributed by atoms with E-state index >= 15 is 0 Å². The average molecular weight is 338 g/mol. The van der Waals surface area contributed by atoms with Crippen molar-refractivity contribution in [2.75, 3.05) is 11.9 Å². The van der Waals surface area contributed by atoms with Gasteiger partial charge in [0, 0.05) is 11.1 Å². The molecule has 0 atom stereocenters. The Bertz CT molecular complexity index is 901. The molecule has 0 spiro atoms. The minimum Gasteiger partial charge on any atom is -0.455 e. The molecule has 1 N–H and O–H groups in total. The Morgan fingerprint density at radius 2 is 1.88 bits per heavy atom. The zero-order valence-electron chi connectivity index (χ0n) is 13.8. The van der Waals surface area contributed by atoms with E-state index in [1.165, 1.54) is 0 Å². The zero-order valence-corrected chi connectivity index (χ0v) is 13.8. The number of carbonyl (C=O) groups is 2. The number of para-hydroxylation sites is 2. The first-order valence-corrected chi connectivity index (χ1v) is 8.04. The predicted molar refractivity (Wildman–Crippen MR) is 93.1 cm³/mol. The first-order valence-electron chi connectivity index (χ1n) is 8.04. The summed E-state index contributed by atoms with van der Waals surface area (Å²) in [5.74, 6) is -0.905. The molecule has 0 fully saturated rings. The third-order valence-corrected chi connectivity index (χ3v) is 3.80. The van der Waals surface area contributed by atoms with Crippen LogP contribution in [0, 0.1) is 0 Å². The van der Waals surface area contributed by atoms with Gasteiger partial charge in [0.05, 0.1) is 6.42 Å².